The van der Waals surface area contributed by atoms with E-state index >= 15 is 0 Å². The van der Waals surface area contributed by atoms with Crippen LogP contribution in [0.3, 0.4) is 0 Å². The Kier molecular flexibility index (Phi) is 5.74. The summed E-state index contributed by atoms with van der Waals surface area (Å²) >= 11 is 0. The maximum Gasteiger partial charge on any atom is 0.243 e. The second-order valence-corrected chi connectivity index (χ2v) is 3.87. The van der Waals surface area contributed by atoms with Gasteiger partial charge in [-0.15, -0.1) is 12.4 Å². The molecule has 0 aromatic carbocycles. The lowest BCUT2D eigenvalue weighted by Gasteiger charge is -2.06. The Labute approximate surface area is 112 Å². The Balaban J connectivity index is 0.00000162. The third-order valence-corrected chi connectivity index (χ3v) is 2.45. The molecular weight excluding hydrogens is 252 g/mol. The van der Waals surface area contributed by atoms with Gasteiger partial charge in [0.2, 0.25) is 11.7 Å². The summed E-state index contributed by atoms with van der Waals surface area (Å²) in [4.78, 5) is 8.32. The Morgan fingerprint density at radius 1 is 1.33 bits per heavy atom. The first-order chi connectivity index (χ1) is 8.31. The monoisotopic (exact) mass is 268 g/mol. The van der Waals surface area contributed by atoms with Crippen LogP contribution in [0.5, 0.6) is 0 Å². The molecule has 0 amide bonds. The van der Waals surface area contributed by atoms with Gasteiger partial charge in [-0.1, -0.05) is 12.1 Å². The third kappa shape index (κ3) is 3.51. The van der Waals surface area contributed by atoms with Crippen molar-refractivity contribution in [3.8, 4) is 11.4 Å². The minimum Gasteiger partial charge on any atom is -0.337 e. The molecule has 1 unspecified atom stereocenters. The normalized spacial score (nSPS) is 11.9. The van der Waals surface area contributed by atoms with Crippen LogP contribution in [0.4, 0.5) is 0 Å². The van der Waals surface area contributed by atoms with Crippen molar-refractivity contribution in [3.63, 3.8) is 0 Å². The van der Waals surface area contributed by atoms with Crippen molar-refractivity contribution >= 4 is 12.4 Å². The maximum atomic E-state index is 5.23. The van der Waals surface area contributed by atoms with Crippen LogP contribution in [0.1, 0.15) is 32.2 Å². The Morgan fingerprint density at radius 3 is 2.72 bits per heavy atom. The van der Waals surface area contributed by atoms with E-state index < -0.39 is 0 Å². The van der Waals surface area contributed by atoms with E-state index in [-0.39, 0.29) is 18.4 Å². The van der Waals surface area contributed by atoms with Gasteiger partial charge in [0.25, 0.3) is 0 Å². The van der Waals surface area contributed by atoms with Crippen LogP contribution in [-0.4, -0.2) is 21.7 Å². The number of hydrogen-bond acceptors (Lipinski definition) is 5. The summed E-state index contributed by atoms with van der Waals surface area (Å²) in [6, 6.07) is 3.80. The van der Waals surface area contributed by atoms with Crippen LogP contribution in [0, 0.1) is 0 Å². The van der Waals surface area contributed by atoms with Gasteiger partial charge in [-0.05, 0) is 32.0 Å². The highest BCUT2D eigenvalue weighted by molar-refractivity contribution is 5.85. The zero-order valence-corrected chi connectivity index (χ0v) is 11.3. The molecule has 2 aromatic heterocycles. The zero-order valence-electron chi connectivity index (χ0n) is 10.5. The van der Waals surface area contributed by atoms with Gasteiger partial charge in [0.1, 0.15) is 0 Å². The summed E-state index contributed by atoms with van der Waals surface area (Å²) in [5, 5.41) is 7.27. The number of pyridine rings is 1. The second kappa shape index (κ2) is 7.08. The van der Waals surface area contributed by atoms with Crippen LogP contribution >= 0.6 is 12.4 Å². The van der Waals surface area contributed by atoms with Gasteiger partial charge >= 0.3 is 0 Å². The fourth-order valence-corrected chi connectivity index (χ4v) is 1.48. The second-order valence-electron chi connectivity index (χ2n) is 3.87. The number of halogens is 1. The summed E-state index contributed by atoms with van der Waals surface area (Å²) < 4.78 is 5.23. The topological polar surface area (TPSA) is 63.8 Å². The van der Waals surface area contributed by atoms with Crippen LogP contribution in [0.25, 0.3) is 11.4 Å². The molecule has 1 N–H and O–H groups in total. The minimum atomic E-state index is 0. The van der Waals surface area contributed by atoms with Crippen molar-refractivity contribution in [2.45, 2.75) is 26.3 Å². The molecule has 0 saturated heterocycles. The lowest BCUT2D eigenvalue weighted by molar-refractivity contribution is 0.340. The molecule has 1 atom stereocenters. The molecule has 0 bridgehead atoms. The average molecular weight is 269 g/mol. The smallest absolute Gasteiger partial charge is 0.243 e. The highest BCUT2D eigenvalue weighted by Crippen LogP contribution is 2.17. The highest BCUT2D eigenvalue weighted by Gasteiger charge is 2.13. The Hall–Kier alpha value is -1.46. The van der Waals surface area contributed by atoms with Gasteiger partial charge < -0.3 is 9.84 Å². The summed E-state index contributed by atoms with van der Waals surface area (Å²) in [5.41, 5.74) is 0.915. The van der Waals surface area contributed by atoms with E-state index in [1.807, 2.05) is 19.1 Å². The zero-order chi connectivity index (χ0) is 12.1. The van der Waals surface area contributed by atoms with Crippen LogP contribution in [0.2, 0.25) is 0 Å². The molecule has 2 heterocycles. The number of hydrogen-bond donors (Lipinski definition) is 1. The first kappa shape index (κ1) is 14.6. The predicted octanol–water partition coefficient (Wildman–Crippen LogP) is 2.61. The molecule has 0 aliphatic rings. The van der Waals surface area contributed by atoms with Crippen molar-refractivity contribution in [2.75, 3.05) is 6.54 Å². The summed E-state index contributed by atoms with van der Waals surface area (Å²) in [5.74, 6) is 1.22. The van der Waals surface area contributed by atoms with E-state index in [2.05, 4.69) is 27.4 Å². The predicted molar refractivity (Wildman–Crippen MR) is 71.5 cm³/mol. The molecule has 0 aliphatic heterocycles. The first-order valence-electron chi connectivity index (χ1n) is 5.78. The number of nitrogens with zero attached hydrogens (tertiary/aromatic N) is 3. The summed E-state index contributed by atoms with van der Waals surface area (Å²) in [6.45, 7) is 5.07. The van der Waals surface area contributed by atoms with E-state index in [0.717, 1.165) is 18.5 Å². The Bertz CT molecular complexity index is 460. The molecule has 0 fully saturated rings. The van der Waals surface area contributed by atoms with Gasteiger partial charge in [0, 0.05) is 18.0 Å². The van der Waals surface area contributed by atoms with Crippen molar-refractivity contribution in [3.05, 3.63) is 30.4 Å². The van der Waals surface area contributed by atoms with E-state index in [1.165, 1.54) is 0 Å². The van der Waals surface area contributed by atoms with Crippen LogP contribution in [0.15, 0.2) is 29.0 Å². The van der Waals surface area contributed by atoms with E-state index in [0.29, 0.717) is 11.7 Å². The highest BCUT2D eigenvalue weighted by atomic mass is 35.5. The standard InChI is InChI=1S/C12H16N4O.ClH/c1-3-6-14-9(2)12-15-11(16-17-12)10-4-7-13-8-5-10;/h4-5,7-9,14H,3,6H2,1-2H3;1H. The number of rotatable bonds is 5. The maximum absolute atomic E-state index is 5.23. The van der Waals surface area contributed by atoms with E-state index in [9.17, 15) is 0 Å². The van der Waals surface area contributed by atoms with Gasteiger partial charge in [-0.25, -0.2) is 0 Å². The van der Waals surface area contributed by atoms with Gasteiger partial charge in [-0.2, -0.15) is 4.98 Å². The van der Waals surface area contributed by atoms with Gasteiger partial charge in [-0.3, -0.25) is 4.98 Å². The third-order valence-electron chi connectivity index (χ3n) is 2.45. The molecule has 0 spiro atoms. The van der Waals surface area contributed by atoms with Crippen molar-refractivity contribution in [2.24, 2.45) is 0 Å². The Morgan fingerprint density at radius 2 is 2.06 bits per heavy atom. The molecule has 6 heteroatoms. The number of nitrogens with one attached hydrogen (secondary N) is 1. The van der Waals surface area contributed by atoms with E-state index in [1.54, 1.807) is 12.4 Å². The lowest BCUT2D eigenvalue weighted by atomic mass is 10.2. The van der Waals surface area contributed by atoms with Crippen molar-refractivity contribution in [1.29, 1.82) is 0 Å². The van der Waals surface area contributed by atoms with E-state index in [4.69, 9.17) is 4.52 Å². The number of aromatic nitrogens is 3. The minimum absolute atomic E-state index is 0. The van der Waals surface area contributed by atoms with Crippen LogP contribution in [-0.2, 0) is 0 Å². The first-order valence-corrected chi connectivity index (χ1v) is 5.78. The lowest BCUT2D eigenvalue weighted by Crippen LogP contribution is -2.19. The average Bonchev–Trinajstić information content (AvgIpc) is 2.86. The molecular formula is C12H17ClN4O. The van der Waals surface area contributed by atoms with Crippen molar-refractivity contribution in [1.82, 2.24) is 20.4 Å². The molecule has 18 heavy (non-hydrogen) atoms. The molecule has 5 nitrogen and oxygen atoms in total. The van der Waals surface area contributed by atoms with Crippen molar-refractivity contribution < 1.29 is 4.52 Å². The molecule has 98 valence electrons. The SMILES string of the molecule is CCCNC(C)c1nc(-c2ccncc2)no1.Cl. The molecule has 2 rings (SSSR count). The fraction of sp³-hybridized carbons (Fsp3) is 0.417. The quantitative estimate of drug-likeness (QED) is 0.903. The summed E-state index contributed by atoms with van der Waals surface area (Å²) in [7, 11) is 0. The van der Waals surface area contributed by atoms with Crippen LogP contribution < -0.4 is 5.32 Å². The molecule has 0 aliphatic carbocycles. The molecule has 0 saturated carbocycles. The van der Waals surface area contributed by atoms with Gasteiger partial charge in [0.15, 0.2) is 0 Å². The fourth-order valence-electron chi connectivity index (χ4n) is 1.48. The molecule has 2 aromatic rings. The van der Waals surface area contributed by atoms with Gasteiger partial charge in [0.05, 0.1) is 6.04 Å². The summed E-state index contributed by atoms with van der Waals surface area (Å²) in [6.07, 6.45) is 4.50. The molecule has 0 radical (unpaired) electrons. The largest absolute Gasteiger partial charge is 0.337 e.